The molecule has 124 valence electrons. The highest BCUT2D eigenvalue weighted by Gasteiger charge is 2.29. The number of alkyl carbamates (subject to hydrolysis) is 1. The van der Waals surface area contributed by atoms with Crippen LogP contribution in [-0.2, 0) is 14.6 Å². The van der Waals surface area contributed by atoms with E-state index in [9.17, 15) is 13.2 Å². The summed E-state index contributed by atoms with van der Waals surface area (Å²) in [5.74, 6) is 0.656. The van der Waals surface area contributed by atoms with Crippen LogP contribution in [-0.4, -0.2) is 50.2 Å². The Morgan fingerprint density at radius 1 is 1.33 bits per heavy atom. The number of nitrogens with one attached hydrogen (secondary N) is 2. The summed E-state index contributed by atoms with van der Waals surface area (Å²) >= 11 is 0. The van der Waals surface area contributed by atoms with Gasteiger partial charge in [0.15, 0.2) is 9.84 Å². The number of carbonyl (C=O) groups is 1. The molecule has 1 rings (SSSR count). The molecule has 0 radical (unpaired) electrons. The molecule has 7 heteroatoms. The predicted molar refractivity (Wildman–Crippen MR) is 83.1 cm³/mol. The number of sulfone groups is 1. The van der Waals surface area contributed by atoms with Crippen molar-refractivity contribution in [3.8, 4) is 0 Å². The lowest BCUT2D eigenvalue weighted by molar-refractivity contribution is 0.0489. The molecular formula is C14H28N2O4S. The van der Waals surface area contributed by atoms with Crippen LogP contribution in [0.25, 0.3) is 0 Å². The maximum atomic E-state index is 11.8. The van der Waals surface area contributed by atoms with Crippen molar-refractivity contribution in [1.29, 1.82) is 0 Å². The van der Waals surface area contributed by atoms with E-state index in [1.807, 2.05) is 34.6 Å². The molecule has 1 heterocycles. The first kappa shape index (κ1) is 18.2. The van der Waals surface area contributed by atoms with Crippen molar-refractivity contribution in [3.63, 3.8) is 0 Å². The molecule has 1 saturated heterocycles. The number of carbonyl (C=O) groups excluding carboxylic acids is 1. The fourth-order valence-corrected chi connectivity index (χ4v) is 3.87. The molecule has 6 nitrogen and oxygen atoms in total. The van der Waals surface area contributed by atoms with E-state index in [0.29, 0.717) is 13.0 Å². The van der Waals surface area contributed by atoms with Gasteiger partial charge in [0.25, 0.3) is 0 Å². The van der Waals surface area contributed by atoms with Crippen LogP contribution in [0.1, 0.15) is 41.0 Å². The summed E-state index contributed by atoms with van der Waals surface area (Å²) in [6, 6.07) is -0.111. The van der Waals surface area contributed by atoms with Crippen molar-refractivity contribution >= 4 is 15.9 Å². The van der Waals surface area contributed by atoms with Gasteiger partial charge in [-0.1, -0.05) is 13.8 Å². The molecule has 0 saturated carbocycles. The van der Waals surface area contributed by atoms with Gasteiger partial charge in [-0.3, -0.25) is 0 Å². The lowest BCUT2D eigenvalue weighted by Crippen LogP contribution is -2.49. The van der Waals surface area contributed by atoms with E-state index in [4.69, 9.17) is 4.74 Å². The molecule has 1 fully saturated rings. The molecule has 0 aromatic carbocycles. The molecule has 0 aliphatic carbocycles. The predicted octanol–water partition coefficient (Wildman–Crippen LogP) is 1.31. The fourth-order valence-electron chi connectivity index (χ4n) is 2.16. The number of rotatable bonds is 5. The van der Waals surface area contributed by atoms with Gasteiger partial charge in [0.2, 0.25) is 0 Å². The Labute approximate surface area is 127 Å². The highest BCUT2D eigenvalue weighted by molar-refractivity contribution is 7.91. The van der Waals surface area contributed by atoms with E-state index in [0.717, 1.165) is 0 Å². The lowest BCUT2D eigenvalue weighted by atomic mass is 10.0. The van der Waals surface area contributed by atoms with Crippen LogP contribution >= 0.6 is 0 Å². The Morgan fingerprint density at radius 2 is 1.95 bits per heavy atom. The molecule has 21 heavy (non-hydrogen) atoms. The van der Waals surface area contributed by atoms with Gasteiger partial charge in [-0.25, -0.2) is 13.2 Å². The van der Waals surface area contributed by atoms with Gasteiger partial charge in [-0.2, -0.15) is 0 Å². The zero-order valence-electron chi connectivity index (χ0n) is 13.6. The Morgan fingerprint density at radius 3 is 2.38 bits per heavy atom. The average molecular weight is 320 g/mol. The van der Waals surface area contributed by atoms with Crippen molar-refractivity contribution in [1.82, 2.24) is 10.6 Å². The zero-order valence-corrected chi connectivity index (χ0v) is 14.4. The third-order valence-corrected chi connectivity index (χ3v) is 5.13. The summed E-state index contributed by atoms with van der Waals surface area (Å²) in [6.07, 6.45) is 0.196. The largest absolute Gasteiger partial charge is 0.444 e. The number of hydrogen-bond donors (Lipinski definition) is 2. The standard InChI is InChI=1S/C14H28N2O4S/c1-10(2)12(16-13(17)20-14(3,4)5)8-15-11-6-7-21(18,19)9-11/h10-12,15H,6-9H2,1-5H3,(H,16,17). The number of amides is 1. The van der Waals surface area contributed by atoms with Gasteiger partial charge < -0.3 is 15.4 Å². The van der Waals surface area contributed by atoms with Crippen molar-refractivity contribution in [2.45, 2.75) is 58.7 Å². The van der Waals surface area contributed by atoms with Gasteiger partial charge in [-0.15, -0.1) is 0 Å². The van der Waals surface area contributed by atoms with Crippen molar-refractivity contribution < 1.29 is 17.9 Å². The van der Waals surface area contributed by atoms with Crippen molar-refractivity contribution in [2.24, 2.45) is 5.92 Å². The van der Waals surface area contributed by atoms with Crippen LogP contribution in [0.15, 0.2) is 0 Å². The van der Waals surface area contributed by atoms with Crippen LogP contribution in [0.4, 0.5) is 4.79 Å². The smallest absolute Gasteiger partial charge is 0.407 e. The van der Waals surface area contributed by atoms with Crippen LogP contribution in [0.2, 0.25) is 0 Å². The van der Waals surface area contributed by atoms with Gasteiger partial charge in [0.1, 0.15) is 5.60 Å². The van der Waals surface area contributed by atoms with E-state index in [1.54, 1.807) is 0 Å². The van der Waals surface area contributed by atoms with E-state index in [-0.39, 0.29) is 29.5 Å². The molecule has 1 amide bonds. The average Bonchev–Trinajstić information content (AvgIpc) is 2.61. The topological polar surface area (TPSA) is 84.5 Å². The van der Waals surface area contributed by atoms with Gasteiger partial charge in [-0.05, 0) is 33.1 Å². The van der Waals surface area contributed by atoms with E-state index >= 15 is 0 Å². The van der Waals surface area contributed by atoms with Crippen LogP contribution in [0.3, 0.4) is 0 Å². The molecule has 2 N–H and O–H groups in total. The lowest BCUT2D eigenvalue weighted by Gasteiger charge is -2.27. The maximum absolute atomic E-state index is 11.8. The third-order valence-electron chi connectivity index (χ3n) is 3.37. The van der Waals surface area contributed by atoms with E-state index < -0.39 is 21.5 Å². The van der Waals surface area contributed by atoms with Crippen molar-refractivity contribution in [3.05, 3.63) is 0 Å². The summed E-state index contributed by atoms with van der Waals surface area (Å²) in [4.78, 5) is 11.8. The Balaban J connectivity index is 2.46. The van der Waals surface area contributed by atoms with Crippen LogP contribution < -0.4 is 10.6 Å². The summed E-state index contributed by atoms with van der Waals surface area (Å²) in [7, 11) is -2.89. The molecule has 1 aliphatic rings. The molecule has 0 spiro atoms. The summed E-state index contributed by atoms with van der Waals surface area (Å²) in [6.45, 7) is 10.0. The van der Waals surface area contributed by atoms with Crippen LogP contribution in [0.5, 0.6) is 0 Å². The first-order chi connectivity index (χ1) is 9.48. The SMILES string of the molecule is CC(C)C(CNC1CCS(=O)(=O)C1)NC(=O)OC(C)(C)C. The van der Waals surface area contributed by atoms with Crippen LogP contribution in [0, 0.1) is 5.92 Å². The normalized spacial score (nSPS) is 23.0. The quantitative estimate of drug-likeness (QED) is 0.798. The Kier molecular flexibility index (Phi) is 6.04. The molecule has 0 aromatic heterocycles. The molecule has 2 unspecified atom stereocenters. The highest BCUT2D eigenvalue weighted by Crippen LogP contribution is 2.12. The Hall–Kier alpha value is -0.820. The second-order valence-electron chi connectivity index (χ2n) is 7.00. The highest BCUT2D eigenvalue weighted by atomic mass is 32.2. The van der Waals surface area contributed by atoms with Gasteiger partial charge in [0, 0.05) is 18.6 Å². The van der Waals surface area contributed by atoms with E-state index in [1.165, 1.54) is 0 Å². The zero-order chi connectivity index (χ0) is 16.3. The van der Waals surface area contributed by atoms with Crippen molar-refractivity contribution in [2.75, 3.05) is 18.1 Å². The minimum absolute atomic E-state index is 0.0170. The maximum Gasteiger partial charge on any atom is 0.407 e. The monoisotopic (exact) mass is 320 g/mol. The minimum atomic E-state index is -2.89. The summed E-state index contributed by atoms with van der Waals surface area (Å²) in [5.41, 5.74) is -0.529. The molecule has 0 aromatic rings. The molecular weight excluding hydrogens is 292 g/mol. The number of hydrogen-bond acceptors (Lipinski definition) is 5. The first-order valence-electron chi connectivity index (χ1n) is 7.42. The fraction of sp³-hybridized carbons (Fsp3) is 0.929. The second kappa shape index (κ2) is 6.96. The minimum Gasteiger partial charge on any atom is -0.444 e. The third kappa shape index (κ3) is 7.13. The molecule has 2 atom stereocenters. The van der Waals surface area contributed by atoms with Gasteiger partial charge >= 0.3 is 6.09 Å². The van der Waals surface area contributed by atoms with Gasteiger partial charge in [0.05, 0.1) is 11.5 Å². The number of ether oxygens (including phenoxy) is 1. The summed E-state index contributed by atoms with van der Waals surface area (Å²) in [5, 5.41) is 6.08. The summed E-state index contributed by atoms with van der Waals surface area (Å²) < 4.78 is 28.1. The molecule has 1 aliphatic heterocycles. The first-order valence-corrected chi connectivity index (χ1v) is 9.24. The second-order valence-corrected chi connectivity index (χ2v) is 9.23. The Bertz CT molecular complexity index is 454. The molecule has 0 bridgehead atoms. The van der Waals surface area contributed by atoms with E-state index in [2.05, 4.69) is 10.6 Å².